The second-order valence-corrected chi connectivity index (χ2v) is 7.73. The zero-order valence-electron chi connectivity index (χ0n) is 17.6. The van der Waals surface area contributed by atoms with Crippen molar-refractivity contribution in [1.29, 1.82) is 0 Å². The molecule has 3 aromatic rings. The van der Waals surface area contributed by atoms with Crippen molar-refractivity contribution in [2.75, 3.05) is 26.7 Å². The molecule has 7 heteroatoms. The van der Waals surface area contributed by atoms with Gasteiger partial charge in [-0.3, -0.25) is 4.79 Å². The SMILES string of the molecule is COc1ccc2[nH]cc(C3CCN(C(=O)CNC(=O)OCc4ccccc4)CC3)c2c1. The number of aromatic amines is 1. The first-order chi connectivity index (χ1) is 15.1. The zero-order chi connectivity index (χ0) is 21.6. The van der Waals surface area contributed by atoms with Crippen molar-refractivity contribution >= 4 is 22.9 Å². The Morgan fingerprint density at radius 1 is 1.13 bits per heavy atom. The minimum atomic E-state index is -0.583. The van der Waals surface area contributed by atoms with Crippen LogP contribution in [-0.2, 0) is 16.1 Å². The highest BCUT2D eigenvalue weighted by molar-refractivity contribution is 5.85. The first-order valence-electron chi connectivity index (χ1n) is 10.5. The van der Waals surface area contributed by atoms with Crippen LogP contribution in [0.15, 0.2) is 54.7 Å². The molecule has 4 rings (SSSR count). The molecule has 162 valence electrons. The van der Waals surface area contributed by atoms with Crippen molar-refractivity contribution in [3.8, 4) is 5.75 Å². The van der Waals surface area contributed by atoms with E-state index in [9.17, 15) is 9.59 Å². The van der Waals surface area contributed by atoms with Crippen LogP contribution in [0, 0.1) is 0 Å². The van der Waals surface area contributed by atoms with Crippen molar-refractivity contribution in [1.82, 2.24) is 15.2 Å². The molecule has 0 atom stereocenters. The second-order valence-electron chi connectivity index (χ2n) is 7.73. The van der Waals surface area contributed by atoms with Gasteiger partial charge in [-0.15, -0.1) is 0 Å². The van der Waals surface area contributed by atoms with Crippen LogP contribution in [0.3, 0.4) is 0 Å². The minimum absolute atomic E-state index is 0.0530. The molecule has 0 unspecified atom stereocenters. The molecule has 0 radical (unpaired) electrons. The van der Waals surface area contributed by atoms with Crippen LogP contribution in [0.4, 0.5) is 4.79 Å². The number of piperidine rings is 1. The van der Waals surface area contributed by atoms with Gasteiger partial charge in [0.15, 0.2) is 0 Å². The summed E-state index contributed by atoms with van der Waals surface area (Å²) in [5.74, 6) is 1.13. The summed E-state index contributed by atoms with van der Waals surface area (Å²) in [6.07, 6.45) is 3.25. The minimum Gasteiger partial charge on any atom is -0.497 e. The number of hydrogen-bond acceptors (Lipinski definition) is 4. The summed E-state index contributed by atoms with van der Waals surface area (Å²) in [5, 5.41) is 3.73. The van der Waals surface area contributed by atoms with Gasteiger partial charge in [0.25, 0.3) is 0 Å². The molecule has 0 aliphatic carbocycles. The molecular weight excluding hydrogens is 394 g/mol. The van der Waals surface area contributed by atoms with E-state index in [1.165, 1.54) is 10.9 Å². The summed E-state index contributed by atoms with van der Waals surface area (Å²) >= 11 is 0. The molecule has 1 fully saturated rings. The maximum Gasteiger partial charge on any atom is 0.407 e. The van der Waals surface area contributed by atoms with Gasteiger partial charge in [0.05, 0.1) is 7.11 Å². The van der Waals surface area contributed by atoms with E-state index >= 15 is 0 Å². The summed E-state index contributed by atoms with van der Waals surface area (Å²) in [6.45, 7) is 1.46. The monoisotopic (exact) mass is 421 g/mol. The number of amides is 2. The third kappa shape index (κ3) is 4.99. The third-order valence-electron chi connectivity index (χ3n) is 5.81. The first kappa shape index (κ1) is 20.8. The molecule has 1 aliphatic heterocycles. The Hall–Kier alpha value is -3.48. The number of fused-ring (bicyclic) bond motifs is 1. The molecule has 2 N–H and O–H groups in total. The lowest BCUT2D eigenvalue weighted by molar-refractivity contribution is -0.131. The van der Waals surface area contributed by atoms with Crippen molar-refractivity contribution in [3.05, 3.63) is 65.9 Å². The van der Waals surface area contributed by atoms with E-state index in [1.54, 1.807) is 7.11 Å². The number of hydrogen-bond donors (Lipinski definition) is 2. The van der Waals surface area contributed by atoms with Crippen molar-refractivity contribution < 1.29 is 19.1 Å². The number of alkyl carbamates (subject to hydrolysis) is 1. The summed E-state index contributed by atoms with van der Waals surface area (Å²) in [6, 6.07) is 15.5. The predicted octanol–water partition coefficient (Wildman–Crippen LogP) is 3.81. The van der Waals surface area contributed by atoms with Crippen LogP contribution in [-0.4, -0.2) is 48.6 Å². The third-order valence-corrected chi connectivity index (χ3v) is 5.81. The van der Waals surface area contributed by atoms with E-state index in [-0.39, 0.29) is 19.1 Å². The molecular formula is C24H27N3O4. The number of nitrogens with zero attached hydrogens (tertiary/aromatic N) is 1. The molecule has 0 bridgehead atoms. The molecule has 2 aromatic carbocycles. The van der Waals surface area contributed by atoms with Crippen LogP contribution in [0.1, 0.15) is 29.9 Å². The number of methoxy groups -OCH3 is 1. The van der Waals surface area contributed by atoms with Crippen LogP contribution in [0.5, 0.6) is 5.75 Å². The topological polar surface area (TPSA) is 83.7 Å². The van der Waals surface area contributed by atoms with Gasteiger partial charge < -0.3 is 24.7 Å². The van der Waals surface area contributed by atoms with E-state index in [4.69, 9.17) is 9.47 Å². The van der Waals surface area contributed by atoms with E-state index in [2.05, 4.69) is 22.6 Å². The van der Waals surface area contributed by atoms with Crippen LogP contribution in [0.2, 0.25) is 0 Å². The van der Waals surface area contributed by atoms with Crippen LogP contribution >= 0.6 is 0 Å². The van der Waals surface area contributed by atoms with E-state index in [0.717, 1.165) is 29.7 Å². The number of benzene rings is 2. The van der Waals surface area contributed by atoms with Crippen LogP contribution < -0.4 is 10.1 Å². The number of carbonyl (C=O) groups excluding carboxylic acids is 2. The van der Waals surface area contributed by atoms with E-state index in [0.29, 0.717) is 19.0 Å². The fourth-order valence-electron chi connectivity index (χ4n) is 4.06. The van der Waals surface area contributed by atoms with Gasteiger partial charge in [-0.05, 0) is 48.1 Å². The standard InChI is InChI=1S/C24H27N3O4/c1-30-19-7-8-22-20(13-19)21(14-25-22)18-9-11-27(12-10-18)23(28)15-26-24(29)31-16-17-5-3-2-4-6-17/h2-8,13-14,18,25H,9-12,15-16H2,1H3,(H,26,29). The summed E-state index contributed by atoms with van der Waals surface area (Å²) in [5.41, 5.74) is 3.26. The highest BCUT2D eigenvalue weighted by atomic mass is 16.5. The molecule has 1 saturated heterocycles. The number of H-pyrrole nitrogens is 1. The molecule has 1 aromatic heterocycles. The molecule has 1 aliphatic rings. The fraction of sp³-hybridized carbons (Fsp3) is 0.333. The lowest BCUT2D eigenvalue weighted by atomic mass is 9.89. The van der Waals surface area contributed by atoms with Gasteiger partial charge >= 0.3 is 6.09 Å². The molecule has 2 amide bonds. The summed E-state index contributed by atoms with van der Waals surface area (Å²) < 4.78 is 10.5. The lowest BCUT2D eigenvalue weighted by Crippen LogP contribution is -2.43. The second kappa shape index (κ2) is 9.55. The number of ether oxygens (including phenoxy) is 2. The molecule has 0 spiro atoms. The average molecular weight is 421 g/mol. The maximum atomic E-state index is 12.5. The molecule has 31 heavy (non-hydrogen) atoms. The Labute approximate surface area is 181 Å². The van der Waals surface area contributed by atoms with Crippen molar-refractivity contribution in [2.24, 2.45) is 0 Å². The van der Waals surface area contributed by atoms with E-state index < -0.39 is 6.09 Å². The molecule has 0 saturated carbocycles. The van der Waals surface area contributed by atoms with Crippen molar-refractivity contribution in [3.63, 3.8) is 0 Å². The lowest BCUT2D eigenvalue weighted by Gasteiger charge is -2.32. The van der Waals surface area contributed by atoms with Gasteiger partial charge in [-0.2, -0.15) is 0 Å². The smallest absolute Gasteiger partial charge is 0.407 e. The maximum absolute atomic E-state index is 12.5. The molecule has 7 nitrogen and oxygen atoms in total. The Bertz CT molecular complexity index is 1040. The van der Waals surface area contributed by atoms with Crippen LogP contribution in [0.25, 0.3) is 10.9 Å². The van der Waals surface area contributed by atoms with Gasteiger partial charge in [-0.1, -0.05) is 30.3 Å². The summed E-state index contributed by atoms with van der Waals surface area (Å²) in [7, 11) is 1.67. The van der Waals surface area contributed by atoms with E-state index in [1.807, 2.05) is 47.4 Å². The Kier molecular flexibility index (Phi) is 6.40. The number of carbonyl (C=O) groups is 2. The zero-order valence-corrected chi connectivity index (χ0v) is 17.6. The highest BCUT2D eigenvalue weighted by Gasteiger charge is 2.25. The van der Waals surface area contributed by atoms with Gasteiger partial charge in [-0.25, -0.2) is 4.79 Å². The average Bonchev–Trinajstić information content (AvgIpc) is 3.25. The fourth-order valence-corrected chi connectivity index (χ4v) is 4.06. The molecule has 2 heterocycles. The quantitative estimate of drug-likeness (QED) is 0.634. The number of aromatic nitrogens is 1. The number of rotatable bonds is 6. The largest absolute Gasteiger partial charge is 0.497 e. The van der Waals surface area contributed by atoms with Crippen molar-refractivity contribution in [2.45, 2.75) is 25.4 Å². The Balaban J connectivity index is 1.25. The Morgan fingerprint density at radius 2 is 1.90 bits per heavy atom. The van der Waals surface area contributed by atoms with Gasteiger partial charge in [0.2, 0.25) is 5.91 Å². The van der Waals surface area contributed by atoms with Gasteiger partial charge in [0, 0.05) is 30.2 Å². The number of nitrogens with one attached hydrogen (secondary N) is 2. The first-order valence-corrected chi connectivity index (χ1v) is 10.5. The predicted molar refractivity (Wildman–Crippen MR) is 118 cm³/mol. The highest BCUT2D eigenvalue weighted by Crippen LogP contribution is 2.34. The normalized spacial score (nSPS) is 14.4. The summed E-state index contributed by atoms with van der Waals surface area (Å²) in [4.78, 5) is 29.5. The van der Waals surface area contributed by atoms with Gasteiger partial charge in [0.1, 0.15) is 18.9 Å². The number of likely N-dealkylation sites (tertiary alicyclic amines) is 1. The Morgan fingerprint density at radius 3 is 2.65 bits per heavy atom.